The van der Waals surface area contributed by atoms with Crippen LogP contribution >= 0.6 is 15.9 Å². The van der Waals surface area contributed by atoms with E-state index in [1.54, 1.807) is 6.92 Å². The molecule has 0 spiro atoms. The number of nitrogens with zero attached hydrogens (tertiary/aromatic N) is 2. The lowest BCUT2D eigenvalue weighted by molar-refractivity contribution is -0.142. The summed E-state index contributed by atoms with van der Waals surface area (Å²) in [6.45, 7) is 6.87. The molecule has 0 saturated heterocycles. The zero-order chi connectivity index (χ0) is 11.4. The second-order valence-electron chi connectivity index (χ2n) is 3.14. The summed E-state index contributed by atoms with van der Waals surface area (Å²) >= 11 is 3.43. The summed E-state index contributed by atoms with van der Waals surface area (Å²) in [5, 5.41) is 4.30. The van der Waals surface area contributed by atoms with Gasteiger partial charge in [-0.15, -0.1) is 0 Å². The van der Waals surface area contributed by atoms with Crippen molar-refractivity contribution in [1.82, 2.24) is 9.78 Å². The number of aryl methyl sites for hydroxylation is 2. The Morgan fingerprint density at radius 2 is 2.20 bits per heavy atom. The average Bonchev–Trinajstić information content (AvgIpc) is 2.46. The van der Waals surface area contributed by atoms with Crippen LogP contribution in [0.15, 0.2) is 4.47 Å². The fourth-order valence-electron chi connectivity index (χ4n) is 1.39. The molecule has 0 unspecified atom stereocenters. The molecule has 15 heavy (non-hydrogen) atoms. The Morgan fingerprint density at radius 1 is 1.53 bits per heavy atom. The molecule has 0 aliphatic carbocycles. The van der Waals surface area contributed by atoms with Crippen LogP contribution in [0, 0.1) is 6.92 Å². The van der Waals surface area contributed by atoms with Gasteiger partial charge in [0.15, 0.2) is 0 Å². The smallest absolute Gasteiger partial charge is 0.311 e. The van der Waals surface area contributed by atoms with Crippen molar-refractivity contribution in [2.75, 3.05) is 6.61 Å². The monoisotopic (exact) mass is 274 g/mol. The topological polar surface area (TPSA) is 44.1 Å². The van der Waals surface area contributed by atoms with Crippen molar-refractivity contribution in [2.45, 2.75) is 33.7 Å². The summed E-state index contributed by atoms with van der Waals surface area (Å²) in [6, 6.07) is 0. The first-order chi connectivity index (χ1) is 7.10. The van der Waals surface area contributed by atoms with Crippen LogP contribution in [0.3, 0.4) is 0 Å². The number of hydrogen-bond acceptors (Lipinski definition) is 3. The van der Waals surface area contributed by atoms with E-state index in [9.17, 15) is 4.79 Å². The van der Waals surface area contributed by atoms with Crippen molar-refractivity contribution in [3.8, 4) is 0 Å². The Kier molecular flexibility index (Phi) is 4.32. The molecule has 0 radical (unpaired) electrons. The van der Waals surface area contributed by atoms with Crippen LogP contribution in [0.4, 0.5) is 0 Å². The van der Waals surface area contributed by atoms with Gasteiger partial charge in [-0.2, -0.15) is 5.10 Å². The van der Waals surface area contributed by atoms with E-state index in [2.05, 4.69) is 21.0 Å². The highest BCUT2D eigenvalue weighted by molar-refractivity contribution is 9.10. The minimum absolute atomic E-state index is 0.215. The highest BCUT2D eigenvalue weighted by Crippen LogP contribution is 2.21. The maximum absolute atomic E-state index is 11.4. The van der Waals surface area contributed by atoms with Crippen LogP contribution in [0.5, 0.6) is 0 Å². The van der Waals surface area contributed by atoms with Gasteiger partial charge in [-0.05, 0) is 36.7 Å². The van der Waals surface area contributed by atoms with E-state index >= 15 is 0 Å². The molecule has 0 N–H and O–H groups in total. The molecule has 0 fully saturated rings. The number of ether oxygens (including phenoxy) is 1. The minimum atomic E-state index is -0.215. The quantitative estimate of drug-likeness (QED) is 0.790. The zero-order valence-electron chi connectivity index (χ0n) is 9.21. The van der Waals surface area contributed by atoms with E-state index in [4.69, 9.17) is 4.74 Å². The number of esters is 1. The molecule has 1 aromatic heterocycles. The Labute approximate surface area is 97.7 Å². The molecule has 0 bridgehead atoms. The molecule has 84 valence electrons. The fourth-order valence-corrected chi connectivity index (χ4v) is 1.81. The summed E-state index contributed by atoms with van der Waals surface area (Å²) in [5.74, 6) is -0.215. The maximum Gasteiger partial charge on any atom is 0.311 e. The van der Waals surface area contributed by atoms with Crippen molar-refractivity contribution < 1.29 is 9.53 Å². The van der Waals surface area contributed by atoms with Gasteiger partial charge in [0.25, 0.3) is 0 Å². The van der Waals surface area contributed by atoms with Crippen molar-refractivity contribution in [3.05, 3.63) is 15.9 Å². The van der Waals surface area contributed by atoms with Gasteiger partial charge in [0.1, 0.15) is 0 Å². The highest BCUT2D eigenvalue weighted by atomic mass is 79.9. The highest BCUT2D eigenvalue weighted by Gasteiger charge is 2.15. The van der Waals surface area contributed by atoms with Gasteiger partial charge in [-0.25, -0.2) is 0 Å². The van der Waals surface area contributed by atoms with Crippen LogP contribution in [-0.4, -0.2) is 22.4 Å². The molecule has 1 heterocycles. The summed E-state index contributed by atoms with van der Waals surface area (Å²) < 4.78 is 7.62. The largest absolute Gasteiger partial charge is 0.466 e. The third kappa shape index (κ3) is 2.81. The molecular formula is C10H15BrN2O2. The van der Waals surface area contributed by atoms with Gasteiger partial charge >= 0.3 is 5.97 Å². The lowest BCUT2D eigenvalue weighted by atomic mass is 10.3. The molecular weight excluding hydrogens is 260 g/mol. The molecule has 0 aliphatic heterocycles. The molecule has 4 nitrogen and oxygen atoms in total. The van der Waals surface area contributed by atoms with Gasteiger partial charge in [0, 0.05) is 6.54 Å². The molecule has 0 aromatic carbocycles. The predicted octanol–water partition coefficient (Wildman–Crippen LogP) is 2.08. The van der Waals surface area contributed by atoms with E-state index in [1.165, 1.54) is 0 Å². The molecule has 5 heteroatoms. The van der Waals surface area contributed by atoms with E-state index in [0.29, 0.717) is 6.61 Å². The summed E-state index contributed by atoms with van der Waals surface area (Å²) in [6.07, 6.45) is 0.267. The Hall–Kier alpha value is -0.840. The average molecular weight is 275 g/mol. The molecule has 1 rings (SSSR count). The molecule has 1 aromatic rings. The van der Waals surface area contributed by atoms with Crippen LogP contribution in [-0.2, 0) is 22.5 Å². The first-order valence-corrected chi connectivity index (χ1v) is 5.76. The van der Waals surface area contributed by atoms with Crippen LogP contribution in [0.1, 0.15) is 25.2 Å². The normalized spacial score (nSPS) is 10.4. The molecule has 0 saturated carbocycles. The van der Waals surface area contributed by atoms with E-state index in [1.807, 2.05) is 18.5 Å². The SMILES string of the molecule is CCOC(=O)Cc1c(Br)c(C)nn1CC. The molecule has 0 amide bonds. The predicted molar refractivity (Wildman–Crippen MR) is 60.7 cm³/mol. The van der Waals surface area contributed by atoms with E-state index < -0.39 is 0 Å². The maximum atomic E-state index is 11.4. The zero-order valence-corrected chi connectivity index (χ0v) is 10.8. The molecule has 0 aliphatic rings. The summed E-state index contributed by atoms with van der Waals surface area (Å²) in [5.41, 5.74) is 1.78. The van der Waals surface area contributed by atoms with Gasteiger partial charge in [-0.3, -0.25) is 9.48 Å². The van der Waals surface area contributed by atoms with Crippen LogP contribution < -0.4 is 0 Å². The summed E-state index contributed by atoms with van der Waals surface area (Å²) in [7, 11) is 0. The standard InChI is InChI=1S/C10H15BrN2O2/c1-4-13-8(6-9(14)15-5-2)10(11)7(3)12-13/h4-6H2,1-3H3. The van der Waals surface area contributed by atoms with Gasteiger partial charge in [0.2, 0.25) is 0 Å². The minimum Gasteiger partial charge on any atom is -0.466 e. The van der Waals surface area contributed by atoms with Crippen LogP contribution in [0.2, 0.25) is 0 Å². The third-order valence-electron chi connectivity index (χ3n) is 2.07. The summed E-state index contributed by atoms with van der Waals surface area (Å²) in [4.78, 5) is 11.4. The first-order valence-electron chi connectivity index (χ1n) is 4.97. The van der Waals surface area contributed by atoms with E-state index in [-0.39, 0.29) is 12.4 Å². The fraction of sp³-hybridized carbons (Fsp3) is 0.600. The number of carbonyl (C=O) groups excluding carboxylic acids is 1. The number of rotatable bonds is 4. The van der Waals surface area contributed by atoms with Gasteiger partial charge < -0.3 is 4.74 Å². The number of halogens is 1. The Morgan fingerprint density at radius 3 is 2.73 bits per heavy atom. The third-order valence-corrected chi connectivity index (χ3v) is 3.10. The Balaban J connectivity index is 2.87. The number of aromatic nitrogens is 2. The van der Waals surface area contributed by atoms with E-state index in [0.717, 1.165) is 22.4 Å². The lowest BCUT2D eigenvalue weighted by Gasteiger charge is -2.04. The second kappa shape index (κ2) is 5.30. The van der Waals surface area contributed by atoms with Crippen LogP contribution in [0.25, 0.3) is 0 Å². The number of carbonyl (C=O) groups is 1. The van der Waals surface area contributed by atoms with Crippen molar-refractivity contribution in [3.63, 3.8) is 0 Å². The Bertz CT molecular complexity index is 361. The van der Waals surface area contributed by atoms with Crippen molar-refractivity contribution >= 4 is 21.9 Å². The lowest BCUT2D eigenvalue weighted by Crippen LogP contribution is -2.12. The number of hydrogen-bond donors (Lipinski definition) is 0. The van der Waals surface area contributed by atoms with Gasteiger partial charge in [-0.1, -0.05) is 0 Å². The molecule has 0 atom stereocenters. The van der Waals surface area contributed by atoms with Crippen molar-refractivity contribution in [2.24, 2.45) is 0 Å². The first kappa shape index (κ1) is 12.2. The van der Waals surface area contributed by atoms with Gasteiger partial charge in [0.05, 0.1) is 28.9 Å². The van der Waals surface area contributed by atoms with Crippen molar-refractivity contribution in [1.29, 1.82) is 0 Å². The second-order valence-corrected chi connectivity index (χ2v) is 3.94.